The summed E-state index contributed by atoms with van der Waals surface area (Å²) in [5.74, 6) is 0. The zero-order chi connectivity index (χ0) is 19.3. The minimum atomic E-state index is -0.720. The number of rotatable bonds is 12. The van der Waals surface area contributed by atoms with Gasteiger partial charge in [0.15, 0.2) is 0 Å². The van der Waals surface area contributed by atoms with Gasteiger partial charge < -0.3 is 18.9 Å². The van der Waals surface area contributed by atoms with Crippen LogP contribution in [0, 0.1) is 0 Å². The molecule has 0 amide bonds. The van der Waals surface area contributed by atoms with Crippen LogP contribution in [0.2, 0.25) is 10.1 Å². The first kappa shape index (κ1) is 24.6. The lowest BCUT2D eigenvalue weighted by molar-refractivity contribution is 0.0350. The number of carbonyl (C=O) groups is 2. The van der Waals surface area contributed by atoms with Crippen molar-refractivity contribution < 1.29 is 28.5 Å². The van der Waals surface area contributed by atoms with E-state index in [1.807, 2.05) is 0 Å². The van der Waals surface area contributed by atoms with E-state index in [0.29, 0.717) is 6.42 Å². The first-order chi connectivity index (χ1) is 11.6. The van der Waals surface area contributed by atoms with Crippen molar-refractivity contribution in [3.63, 3.8) is 0 Å². The average Bonchev–Trinajstić information content (AvgIpc) is 2.54. The molecule has 148 valence electrons. The number of carbonyl (C=O) groups excluding carboxylic acids is 2. The van der Waals surface area contributed by atoms with Crippen LogP contribution in [-0.2, 0) is 18.9 Å². The van der Waals surface area contributed by atoms with Gasteiger partial charge in [0.05, 0.1) is 26.4 Å². The van der Waals surface area contributed by atoms with Gasteiger partial charge in [-0.05, 0) is 22.9 Å². The van der Waals surface area contributed by atoms with E-state index in [-0.39, 0.29) is 36.5 Å². The monoisotopic (exact) mass is 432 g/mol. The Morgan fingerprint density at radius 3 is 1.36 bits per heavy atom. The van der Waals surface area contributed by atoms with Gasteiger partial charge in [0.25, 0.3) is 0 Å². The summed E-state index contributed by atoms with van der Waals surface area (Å²) in [6, 6.07) is 0. The standard InChI is InChI=1S/C15H30Cl2O6Si2/c1-14(2,24-16)6-10-22-12(18)20-8-5-9-21-13(19)23-11-7-15(3,4)25-17/h5-11,24-25H2,1-4H3. The van der Waals surface area contributed by atoms with Gasteiger partial charge in [-0.1, -0.05) is 27.7 Å². The first-order valence-corrected chi connectivity index (χ1v) is 14.0. The molecule has 0 aliphatic heterocycles. The second-order valence-electron chi connectivity index (χ2n) is 7.34. The number of halogens is 2. The Morgan fingerprint density at radius 2 is 1.04 bits per heavy atom. The summed E-state index contributed by atoms with van der Waals surface area (Å²) < 4.78 is 19.7. The summed E-state index contributed by atoms with van der Waals surface area (Å²) in [5, 5.41) is 0.106. The van der Waals surface area contributed by atoms with Crippen molar-refractivity contribution in [2.45, 2.75) is 57.0 Å². The van der Waals surface area contributed by atoms with E-state index in [4.69, 9.17) is 41.1 Å². The molecule has 0 atom stereocenters. The Kier molecular flexibility index (Phi) is 12.6. The topological polar surface area (TPSA) is 71.1 Å². The minimum Gasteiger partial charge on any atom is -0.434 e. The fourth-order valence-electron chi connectivity index (χ4n) is 1.41. The predicted octanol–water partition coefficient (Wildman–Crippen LogP) is 3.51. The second kappa shape index (κ2) is 12.8. The molecule has 10 heteroatoms. The van der Waals surface area contributed by atoms with E-state index in [1.54, 1.807) is 0 Å². The molecule has 0 fully saturated rings. The lowest BCUT2D eigenvalue weighted by Crippen LogP contribution is -2.17. The summed E-state index contributed by atoms with van der Waals surface area (Å²) in [6.45, 7) is 9.01. The lowest BCUT2D eigenvalue weighted by atomic mass is 10.1. The Hall–Kier alpha value is -0.446. The van der Waals surface area contributed by atoms with Gasteiger partial charge in [-0.2, -0.15) is 22.2 Å². The van der Waals surface area contributed by atoms with Gasteiger partial charge in [0.2, 0.25) is 0 Å². The van der Waals surface area contributed by atoms with Crippen molar-refractivity contribution in [3.8, 4) is 0 Å². The van der Waals surface area contributed by atoms with Crippen molar-refractivity contribution in [2.75, 3.05) is 26.4 Å². The van der Waals surface area contributed by atoms with Crippen molar-refractivity contribution in [3.05, 3.63) is 0 Å². The maximum Gasteiger partial charge on any atom is 0.508 e. The molecule has 0 spiro atoms. The highest BCUT2D eigenvalue weighted by Gasteiger charge is 2.19. The molecule has 25 heavy (non-hydrogen) atoms. The SMILES string of the molecule is CC(C)(CCOC(=O)OCCCOC(=O)OCCC(C)(C)[SiH2]Cl)[SiH2]Cl. The van der Waals surface area contributed by atoms with Crippen LogP contribution in [0.4, 0.5) is 9.59 Å². The van der Waals surface area contributed by atoms with E-state index >= 15 is 0 Å². The van der Waals surface area contributed by atoms with E-state index in [1.165, 1.54) is 0 Å². The highest BCUT2D eigenvalue weighted by atomic mass is 35.6. The fraction of sp³-hybridized carbons (Fsp3) is 0.867. The maximum absolute atomic E-state index is 11.4. The molecule has 0 aromatic rings. The van der Waals surface area contributed by atoms with Gasteiger partial charge in [-0.15, -0.1) is 0 Å². The molecule has 0 aliphatic rings. The van der Waals surface area contributed by atoms with Gasteiger partial charge in [-0.3, -0.25) is 0 Å². The molecule has 6 nitrogen and oxygen atoms in total. The van der Waals surface area contributed by atoms with E-state index in [9.17, 15) is 9.59 Å². The van der Waals surface area contributed by atoms with Crippen molar-refractivity contribution in [1.82, 2.24) is 0 Å². The third-order valence-corrected chi connectivity index (χ3v) is 9.94. The van der Waals surface area contributed by atoms with Crippen LogP contribution in [-0.4, -0.2) is 56.4 Å². The Labute approximate surface area is 164 Å². The third kappa shape index (κ3) is 14.4. The zero-order valence-corrected chi connectivity index (χ0v) is 19.9. The van der Waals surface area contributed by atoms with Crippen molar-refractivity contribution >= 4 is 52.1 Å². The summed E-state index contributed by atoms with van der Waals surface area (Å²) in [4.78, 5) is 22.7. The molecular formula is C15H30Cl2O6Si2. The maximum atomic E-state index is 11.4. The van der Waals surface area contributed by atoms with Crippen LogP contribution >= 0.6 is 22.2 Å². The van der Waals surface area contributed by atoms with E-state index in [0.717, 1.165) is 12.8 Å². The smallest absolute Gasteiger partial charge is 0.434 e. The number of ether oxygens (including phenoxy) is 4. The van der Waals surface area contributed by atoms with Crippen molar-refractivity contribution in [1.29, 1.82) is 0 Å². The van der Waals surface area contributed by atoms with Crippen LogP contribution in [0.1, 0.15) is 47.0 Å². The Bertz CT molecular complexity index is 371. The van der Waals surface area contributed by atoms with E-state index < -0.39 is 30.0 Å². The molecule has 0 aromatic carbocycles. The Balaban J connectivity index is 3.59. The molecule has 0 N–H and O–H groups in total. The summed E-state index contributed by atoms with van der Waals surface area (Å²) >= 11 is 11.9. The predicted molar refractivity (Wildman–Crippen MR) is 105 cm³/mol. The lowest BCUT2D eigenvalue weighted by Gasteiger charge is -2.20. The van der Waals surface area contributed by atoms with E-state index in [2.05, 4.69) is 27.7 Å². The molecule has 0 unspecified atom stereocenters. The Morgan fingerprint density at radius 1 is 0.720 bits per heavy atom. The van der Waals surface area contributed by atoms with Crippen LogP contribution < -0.4 is 0 Å². The molecule has 0 radical (unpaired) electrons. The summed E-state index contributed by atoms with van der Waals surface area (Å²) in [6.07, 6.45) is 0.375. The van der Waals surface area contributed by atoms with Gasteiger partial charge >= 0.3 is 12.3 Å². The molecule has 0 saturated carbocycles. The molecule has 0 rings (SSSR count). The van der Waals surface area contributed by atoms with Gasteiger partial charge in [-0.25, -0.2) is 9.59 Å². The summed E-state index contributed by atoms with van der Waals surface area (Å²) in [7, 11) is -1.35. The molecule has 0 saturated heterocycles. The van der Waals surface area contributed by atoms with Crippen molar-refractivity contribution in [2.24, 2.45) is 0 Å². The quantitative estimate of drug-likeness (QED) is 0.203. The summed E-state index contributed by atoms with van der Waals surface area (Å²) in [5.41, 5.74) is 0. The fourth-order valence-corrected chi connectivity index (χ4v) is 2.77. The van der Waals surface area contributed by atoms with Crippen LogP contribution in [0.3, 0.4) is 0 Å². The van der Waals surface area contributed by atoms with Crippen LogP contribution in [0.25, 0.3) is 0 Å². The molecule has 0 heterocycles. The van der Waals surface area contributed by atoms with Crippen LogP contribution in [0.5, 0.6) is 0 Å². The zero-order valence-electron chi connectivity index (χ0n) is 15.6. The van der Waals surface area contributed by atoms with Crippen LogP contribution in [0.15, 0.2) is 0 Å². The molecule has 0 aliphatic carbocycles. The average molecular weight is 433 g/mol. The largest absolute Gasteiger partial charge is 0.508 e. The van der Waals surface area contributed by atoms with Gasteiger partial charge in [0.1, 0.15) is 17.7 Å². The molecule has 0 bridgehead atoms. The highest BCUT2D eigenvalue weighted by Crippen LogP contribution is 2.28. The number of hydrogen-bond acceptors (Lipinski definition) is 6. The van der Waals surface area contributed by atoms with Gasteiger partial charge in [0, 0.05) is 6.42 Å². The number of hydrogen-bond donors (Lipinski definition) is 0. The highest BCUT2D eigenvalue weighted by molar-refractivity contribution is 6.95. The first-order valence-electron chi connectivity index (χ1n) is 8.33. The third-order valence-electron chi connectivity index (χ3n) is 3.45. The molecular weight excluding hydrogens is 403 g/mol. The normalized spacial score (nSPS) is 12.7. The molecule has 0 aromatic heterocycles. The second-order valence-corrected chi connectivity index (χ2v) is 13.3. The minimum absolute atomic E-state index is 0.0528.